The fourth-order valence-electron chi connectivity index (χ4n) is 2.09. The summed E-state index contributed by atoms with van der Waals surface area (Å²) >= 11 is 3.43. The summed E-state index contributed by atoms with van der Waals surface area (Å²) in [6.07, 6.45) is 1.84. The highest BCUT2D eigenvalue weighted by Gasteiger charge is 2.22. The number of hydrogen-bond donors (Lipinski definition) is 1. The Hall–Kier alpha value is -2.06. The summed E-state index contributed by atoms with van der Waals surface area (Å²) in [5, 5.41) is 15.4. The second-order valence-electron chi connectivity index (χ2n) is 4.83. The maximum absolute atomic E-state index is 5.28. The molecular formula is C13H11BrN6O. The quantitative estimate of drug-likeness (QED) is 0.779. The summed E-state index contributed by atoms with van der Waals surface area (Å²) in [6, 6.07) is 8.10. The van der Waals surface area contributed by atoms with Gasteiger partial charge >= 0.3 is 0 Å². The van der Waals surface area contributed by atoms with Crippen molar-refractivity contribution in [3.05, 3.63) is 34.9 Å². The van der Waals surface area contributed by atoms with Crippen LogP contribution >= 0.6 is 15.9 Å². The lowest BCUT2D eigenvalue weighted by molar-refractivity contribution is 0.313. The Kier molecular flexibility index (Phi) is 3.04. The number of nitrogens with zero attached hydrogens (tertiary/aromatic N) is 5. The molecule has 1 aliphatic heterocycles. The van der Waals surface area contributed by atoms with E-state index in [9.17, 15) is 0 Å². The maximum Gasteiger partial charge on any atom is 0.280 e. The maximum atomic E-state index is 5.28. The van der Waals surface area contributed by atoms with Gasteiger partial charge in [0.15, 0.2) is 5.69 Å². The fourth-order valence-corrected chi connectivity index (χ4v) is 2.49. The van der Waals surface area contributed by atoms with Crippen LogP contribution in [-0.2, 0) is 0 Å². The minimum atomic E-state index is 0.360. The molecule has 1 saturated heterocycles. The number of benzene rings is 1. The van der Waals surface area contributed by atoms with Gasteiger partial charge < -0.3 is 9.84 Å². The molecule has 7 nitrogen and oxygen atoms in total. The van der Waals surface area contributed by atoms with Crippen molar-refractivity contribution in [2.45, 2.75) is 6.04 Å². The molecule has 21 heavy (non-hydrogen) atoms. The first-order valence-electron chi connectivity index (χ1n) is 6.52. The van der Waals surface area contributed by atoms with Crippen molar-refractivity contribution >= 4 is 15.9 Å². The minimum absolute atomic E-state index is 0.360. The van der Waals surface area contributed by atoms with E-state index in [-0.39, 0.29) is 0 Å². The van der Waals surface area contributed by atoms with E-state index in [1.165, 1.54) is 0 Å². The highest BCUT2D eigenvalue weighted by molar-refractivity contribution is 9.10. The van der Waals surface area contributed by atoms with E-state index in [1.54, 1.807) is 0 Å². The standard InChI is InChI=1S/C13H11BrN6O/c14-9-3-1-2-8(4-9)12-16-13(21-18-12)11-7-20(19-17-11)10-5-15-6-10/h1-4,7,10,15H,5-6H2. The molecule has 3 heterocycles. The monoisotopic (exact) mass is 346 g/mol. The van der Waals surface area contributed by atoms with Gasteiger partial charge in [-0.05, 0) is 12.1 Å². The Labute approximate surface area is 128 Å². The summed E-state index contributed by atoms with van der Waals surface area (Å²) in [7, 11) is 0. The van der Waals surface area contributed by atoms with Crippen molar-refractivity contribution in [3.63, 3.8) is 0 Å². The SMILES string of the molecule is Brc1cccc(-c2noc(-c3cn(C4CNC4)nn3)n2)c1. The lowest BCUT2D eigenvalue weighted by Crippen LogP contribution is -2.43. The van der Waals surface area contributed by atoms with E-state index in [4.69, 9.17) is 4.52 Å². The summed E-state index contributed by atoms with van der Waals surface area (Å²) in [5.41, 5.74) is 1.48. The van der Waals surface area contributed by atoms with E-state index in [1.807, 2.05) is 35.1 Å². The molecule has 4 rings (SSSR count). The molecular weight excluding hydrogens is 336 g/mol. The summed E-state index contributed by atoms with van der Waals surface area (Å²) in [4.78, 5) is 4.38. The molecule has 0 spiro atoms. The Morgan fingerprint density at radius 1 is 1.33 bits per heavy atom. The summed E-state index contributed by atoms with van der Waals surface area (Å²) < 4.78 is 8.08. The van der Waals surface area contributed by atoms with Crippen molar-refractivity contribution < 1.29 is 4.52 Å². The predicted octanol–water partition coefficient (Wildman–Crippen LogP) is 1.90. The number of halogens is 1. The lowest BCUT2D eigenvalue weighted by atomic mass is 10.2. The molecule has 1 aromatic carbocycles. The van der Waals surface area contributed by atoms with Gasteiger partial charge in [0.05, 0.1) is 12.2 Å². The topological polar surface area (TPSA) is 81.7 Å². The highest BCUT2D eigenvalue weighted by atomic mass is 79.9. The molecule has 8 heteroatoms. The van der Waals surface area contributed by atoms with Gasteiger partial charge in [0.1, 0.15) is 0 Å². The fraction of sp³-hybridized carbons (Fsp3) is 0.231. The molecule has 0 amide bonds. The number of nitrogens with one attached hydrogen (secondary N) is 1. The molecule has 0 atom stereocenters. The van der Waals surface area contributed by atoms with Crippen molar-refractivity contribution in [1.82, 2.24) is 30.5 Å². The molecule has 2 aromatic heterocycles. The molecule has 0 aliphatic carbocycles. The zero-order valence-corrected chi connectivity index (χ0v) is 12.5. The van der Waals surface area contributed by atoms with Gasteiger partial charge in [-0.3, -0.25) is 0 Å². The van der Waals surface area contributed by atoms with Crippen LogP contribution < -0.4 is 5.32 Å². The van der Waals surface area contributed by atoms with Crippen LogP contribution in [0.3, 0.4) is 0 Å². The van der Waals surface area contributed by atoms with Crippen LogP contribution in [0.4, 0.5) is 0 Å². The van der Waals surface area contributed by atoms with Gasteiger partial charge in [0, 0.05) is 23.1 Å². The van der Waals surface area contributed by atoms with Gasteiger partial charge in [0.25, 0.3) is 5.89 Å². The highest BCUT2D eigenvalue weighted by Crippen LogP contribution is 2.23. The Bertz CT molecular complexity index is 778. The molecule has 0 radical (unpaired) electrons. The zero-order chi connectivity index (χ0) is 14.2. The Balaban J connectivity index is 1.63. The van der Waals surface area contributed by atoms with Crippen LogP contribution in [0.25, 0.3) is 23.0 Å². The third kappa shape index (κ3) is 2.36. The second-order valence-corrected chi connectivity index (χ2v) is 5.75. The smallest absolute Gasteiger partial charge is 0.280 e. The van der Waals surface area contributed by atoms with Gasteiger partial charge in [-0.2, -0.15) is 4.98 Å². The van der Waals surface area contributed by atoms with E-state index in [0.29, 0.717) is 23.5 Å². The first-order chi connectivity index (χ1) is 10.3. The second kappa shape index (κ2) is 5.05. The molecule has 0 bridgehead atoms. The molecule has 0 saturated carbocycles. The molecule has 3 aromatic rings. The van der Waals surface area contributed by atoms with Crippen molar-refractivity contribution in [2.75, 3.05) is 13.1 Å². The summed E-state index contributed by atoms with van der Waals surface area (Å²) in [5.74, 6) is 0.912. The predicted molar refractivity (Wildman–Crippen MR) is 78.4 cm³/mol. The van der Waals surface area contributed by atoms with E-state index in [0.717, 1.165) is 23.1 Å². The summed E-state index contributed by atoms with van der Waals surface area (Å²) in [6.45, 7) is 1.83. The third-order valence-corrected chi connectivity index (χ3v) is 3.87. The van der Waals surface area contributed by atoms with E-state index >= 15 is 0 Å². The Morgan fingerprint density at radius 3 is 3.00 bits per heavy atom. The van der Waals surface area contributed by atoms with Crippen LogP contribution in [0.15, 0.2) is 39.5 Å². The van der Waals surface area contributed by atoms with Gasteiger partial charge in [-0.15, -0.1) is 5.10 Å². The molecule has 0 unspecified atom stereocenters. The first kappa shape index (κ1) is 12.7. The van der Waals surface area contributed by atoms with Crippen LogP contribution in [0.2, 0.25) is 0 Å². The van der Waals surface area contributed by atoms with E-state index in [2.05, 4.69) is 41.7 Å². The average Bonchev–Trinajstić information content (AvgIpc) is 3.05. The average molecular weight is 347 g/mol. The van der Waals surface area contributed by atoms with Crippen molar-refractivity contribution in [2.24, 2.45) is 0 Å². The minimum Gasteiger partial charge on any atom is -0.332 e. The molecule has 1 fully saturated rings. The molecule has 106 valence electrons. The van der Waals surface area contributed by atoms with Crippen LogP contribution in [-0.4, -0.2) is 38.2 Å². The molecule has 1 N–H and O–H groups in total. The first-order valence-corrected chi connectivity index (χ1v) is 7.31. The molecule has 1 aliphatic rings. The van der Waals surface area contributed by atoms with Gasteiger partial charge in [-0.1, -0.05) is 38.4 Å². The van der Waals surface area contributed by atoms with Gasteiger partial charge in [0.2, 0.25) is 5.82 Å². The normalized spacial score (nSPS) is 15.1. The lowest BCUT2D eigenvalue weighted by Gasteiger charge is -2.26. The zero-order valence-electron chi connectivity index (χ0n) is 10.9. The van der Waals surface area contributed by atoms with Crippen LogP contribution in [0.5, 0.6) is 0 Å². The van der Waals surface area contributed by atoms with Gasteiger partial charge in [-0.25, -0.2) is 4.68 Å². The number of aromatic nitrogens is 5. The van der Waals surface area contributed by atoms with E-state index < -0.39 is 0 Å². The number of rotatable bonds is 3. The largest absolute Gasteiger partial charge is 0.332 e. The van der Waals surface area contributed by atoms with Crippen LogP contribution in [0.1, 0.15) is 6.04 Å². The van der Waals surface area contributed by atoms with Crippen LogP contribution in [0, 0.1) is 0 Å². The Morgan fingerprint density at radius 2 is 2.24 bits per heavy atom. The number of hydrogen-bond acceptors (Lipinski definition) is 6. The third-order valence-electron chi connectivity index (χ3n) is 3.37. The van der Waals surface area contributed by atoms with Crippen molar-refractivity contribution in [3.8, 4) is 23.0 Å². The van der Waals surface area contributed by atoms with Crippen molar-refractivity contribution in [1.29, 1.82) is 0 Å².